The van der Waals surface area contributed by atoms with Crippen molar-refractivity contribution in [2.24, 2.45) is 0 Å². The van der Waals surface area contributed by atoms with Gasteiger partial charge in [-0.25, -0.2) is 4.98 Å². The molecule has 0 aliphatic carbocycles. The van der Waals surface area contributed by atoms with Crippen molar-refractivity contribution in [1.82, 2.24) is 19.7 Å². The number of nitrogens with one attached hydrogen (secondary N) is 1. The summed E-state index contributed by atoms with van der Waals surface area (Å²) < 4.78 is 1.84. The second kappa shape index (κ2) is 4.77. The number of para-hydroxylation sites is 2. The maximum Gasteiger partial charge on any atom is 0.249 e. The Morgan fingerprint density at radius 2 is 2.26 bits per heavy atom. The van der Waals surface area contributed by atoms with Crippen molar-refractivity contribution in [1.29, 1.82) is 0 Å². The van der Waals surface area contributed by atoms with Gasteiger partial charge in [-0.15, -0.1) is 10.2 Å². The standard InChI is InChI=1S/C12H11N5OS/c1-8(11(18)15-12-16-14-7-19-12)17-6-13-9-4-2-3-5-10(9)17/h2-8H,1H3,(H,15,16,18). The van der Waals surface area contributed by atoms with Crippen molar-refractivity contribution in [2.45, 2.75) is 13.0 Å². The molecule has 1 unspecified atom stereocenters. The molecule has 2 heterocycles. The van der Waals surface area contributed by atoms with Gasteiger partial charge in [-0.05, 0) is 19.1 Å². The highest BCUT2D eigenvalue weighted by molar-refractivity contribution is 7.13. The van der Waals surface area contributed by atoms with Crippen LogP contribution in [0.5, 0.6) is 0 Å². The number of imidazole rings is 1. The Kier molecular flexibility index (Phi) is 2.96. The van der Waals surface area contributed by atoms with Crippen molar-refractivity contribution < 1.29 is 4.79 Å². The van der Waals surface area contributed by atoms with Crippen LogP contribution < -0.4 is 5.32 Å². The molecule has 0 radical (unpaired) electrons. The molecule has 1 atom stereocenters. The van der Waals surface area contributed by atoms with Crippen LogP contribution in [0.25, 0.3) is 11.0 Å². The van der Waals surface area contributed by atoms with Gasteiger partial charge >= 0.3 is 0 Å². The van der Waals surface area contributed by atoms with E-state index in [2.05, 4.69) is 20.5 Å². The third-order valence-corrected chi connectivity index (χ3v) is 3.47. The first kappa shape index (κ1) is 11.8. The molecular weight excluding hydrogens is 262 g/mol. The van der Waals surface area contributed by atoms with E-state index in [1.165, 1.54) is 11.3 Å². The summed E-state index contributed by atoms with van der Waals surface area (Å²) in [5.41, 5.74) is 3.38. The van der Waals surface area contributed by atoms with Gasteiger partial charge in [-0.1, -0.05) is 23.5 Å². The molecule has 19 heavy (non-hydrogen) atoms. The normalized spacial score (nSPS) is 12.5. The molecule has 0 saturated carbocycles. The van der Waals surface area contributed by atoms with Crippen LogP contribution >= 0.6 is 11.3 Å². The first-order valence-corrected chi connectivity index (χ1v) is 6.62. The lowest BCUT2D eigenvalue weighted by molar-refractivity contribution is -0.118. The number of aromatic nitrogens is 4. The summed E-state index contributed by atoms with van der Waals surface area (Å²) in [5.74, 6) is -0.139. The molecule has 0 saturated heterocycles. The summed E-state index contributed by atoms with van der Waals surface area (Å²) in [6.45, 7) is 1.82. The number of nitrogens with zero attached hydrogens (tertiary/aromatic N) is 4. The average Bonchev–Trinajstić information content (AvgIpc) is 3.06. The molecule has 0 aliphatic rings. The lowest BCUT2D eigenvalue weighted by atomic mass is 10.2. The summed E-state index contributed by atoms with van der Waals surface area (Å²) in [7, 11) is 0. The third-order valence-electron chi connectivity index (χ3n) is 2.87. The van der Waals surface area contributed by atoms with Gasteiger partial charge in [-0.2, -0.15) is 0 Å². The van der Waals surface area contributed by atoms with E-state index < -0.39 is 0 Å². The summed E-state index contributed by atoms with van der Waals surface area (Å²) in [6.07, 6.45) is 1.68. The molecule has 7 heteroatoms. The van der Waals surface area contributed by atoms with Gasteiger partial charge in [0.25, 0.3) is 0 Å². The summed E-state index contributed by atoms with van der Waals surface area (Å²) in [6, 6.07) is 7.34. The Labute approximate surface area is 113 Å². The average molecular weight is 273 g/mol. The van der Waals surface area contributed by atoms with Crippen LogP contribution in [0.4, 0.5) is 5.13 Å². The highest BCUT2D eigenvalue weighted by atomic mass is 32.1. The quantitative estimate of drug-likeness (QED) is 0.793. The van der Waals surface area contributed by atoms with Crippen LogP contribution in [0.1, 0.15) is 13.0 Å². The summed E-state index contributed by atoms with van der Waals surface area (Å²) >= 11 is 1.29. The number of amides is 1. The Bertz CT molecular complexity index is 706. The smallest absolute Gasteiger partial charge is 0.249 e. The number of hydrogen-bond donors (Lipinski definition) is 1. The zero-order valence-electron chi connectivity index (χ0n) is 10.1. The van der Waals surface area contributed by atoms with Gasteiger partial charge < -0.3 is 4.57 Å². The topological polar surface area (TPSA) is 72.7 Å². The Morgan fingerprint density at radius 3 is 3.05 bits per heavy atom. The van der Waals surface area contributed by atoms with E-state index in [9.17, 15) is 4.79 Å². The number of carbonyl (C=O) groups is 1. The molecule has 1 aromatic carbocycles. The summed E-state index contributed by atoms with van der Waals surface area (Å²) in [5, 5.41) is 10.7. The first-order valence-electron chi connectivity index (χ1n) is 5.74. The molecule has 3 rings (SSSR count). The lowest BCUT2D eigenvalue weighted by Gasteiger charge is -2.12. The van der Waals surface area contributed by atoms with Gasteiger partial charge in [0.05, 0.1) is 17.4 Å². The minimum absolute atomic E-state index is 0.139. The fraction of sp³-hybridized carbons (Fsp3) is 0.167. The predicted octanol–water partition coefficient (Wildman–Crippen LogP) is 2.09. The Balaban J connectivity index is 1.87. The van der Waals surface area contributed by atoms with Crippen molar-refractivity contribution >= 4 is 33.4 Å². The van der Waals surface area contributed by atoms with E-state index in [0.29, 0.717) is 5.13 Å². The van der Waals surface area contributed by atoms with Gasteiger partial charge in [0, 0.05) is 0 Å². The molecule has 1 N–H and O–H groups in total. The van der Waals surface area contributed by atoms with Crippen LogP contribution in [-0.4, -0.2) is 25.7 Å². The van der Waals surface area contributed by atoms with Gasteiger partial charge in [0.15, 0.2) is 0 Å². The van der Waals surface area contributed by atoms with E-state index >= 15 is 0 Å². The number of anilines is 1. The number of carbonyl (C=O) groups excluding carboxylic acids is 1. The number of hydrogen-bond acceptors (Lipinski definition) is 5. The molecule has 96 valence electrons. The Morgan fingerprint density at radius 1 is 1.42 bits per heavy atom. The van der Waals surface area contributed by atoms with Gasteiger partial charge in [0.2, 0.25) is 11.0 Å². The molecular formula is C12H11N5OS. The zero-order chi connectivity index (χ0) is 13.2. The zero-order valence-corrected chi connectivity index (χ0v) is 11.0. The molecule has 3 aromatic rings. The molecule has 6 nitrogen and oxygen atoms in total. The van der Waals surface area contributed by atoms with Gasteiger partial charge in [-0.3, -0.25) is 10.1 Å². The minimum Gasteiger partial charge on any atom is -0.318 e. The minimum atomic E-state index is -0.365. The summed E-state index contributed by atoms with van der Waals surface area (Å²) in [4.78, 5) is 16.4. The molecule has 0 bridgehead atoms. The van der Waals surface area contributed by atoms with E-state index in [1.54, 1.807) is 11.8 Å². The predicted molar refractivity (Wildman–Crippen MR) is 73.0 cm³/mol. The van der Waals surface area contributed by atoms with Crippen molar-refractivity contribution in [3.05, 3.63) is 36.1 Å². The molecule has 0 fully saturated rings. The fourth-order valence-electron chi connectivity index (χ4n) is 1.85. The number of benzene rings is 1. The van der Waals surface area contributed by atoms with Crippen molar-refractivity contribution in [3.8, 4) is 0 Å². The second-order valence-corrected chi connectivity index (χ2v) is 4.88. The first-order chi connectivity index (χ1) is 9.25. The fourth-order valence-corrected chi connectivity index (χ4v) is 2.30. The van der Waals surface area contributed by atoms with E-state index in [0.717, 1.165) is 11.0 Å². The van der Waals surface area contributed by atoms with Crippen molar-refractivity contribution in [2.75, 3.05) is 5.32 Å². The van der Waals surface area contributed by atoms with Crippen molar-refractivity contribution in [3.63, 3.8) is 0 Å². The van der Waals surface area contributed by atoms with E-state index in [1.807, 2.05) is 35.8 Å². The van der Waals surface area contributed by atoms with Crippen LogP contribution in [0.2, 0.25) is 0 Å². The highest BCUT2D eigenvalue weighted by Crippen LogP contribution is 2.19. The number of rotatable bonds is 3. The van der Waals surface area contributed by atoms with E-state index in [-0.39, 0.29) is 11.9 Å². The van der Waals surface area contributed by atoms with Crippen LogP contribution in [-0.2, 0) is 4.79 Å². The largest absolute Gasteiger partial charge is 0.318 e. The molecule has 0 aliphatic heterocycles. The molecule has 1 amide bonds. The van der Waals surface area contributed by atoms with Crippen LogP contribution in [0, 0.1) is 0 Å². The van der Waals surface area contributed by atoms with E-state index in [4.69, 9.17) is 0 Å². The number of fused-ring (bicyclic) bond motifs is 1. The second-order valence-electron chi connectivity index (χ2n) is 4.05. The molecule has 2 aromatic heterocycles. The highest BCUT2D eigenvalue weighted by Gasteiger charge is 2.17. The Hall–Kier alpha value is -2.28. The SMILES string of the molecule is CC(C(=O)Nc1nncs1)n1cnc2ccccc21. The third kappa shape index (κ3) is 2.19. The molecule has 0 spiro atoms. The van der Waals surface area contributed by atoms with Gasteiger partial charge in [0.1, 0.15) is 11.6 Å². The van der Waals surface area contributed by atoms with Crippen LogP contribution in [0.3, 0.4) is 0 Å². The maximum atomic E-state index is 12.1. The lowest BCUT2D eigenvalue weighted by Crippen LogP contribution is -2.23. The van der Waals surface area contributed by atoms with Crippen LogP contribution in [0.15, 0.2) is 36.1 Å². The monoisotopic (exact) mass is 273 g/mol. The maximum absolute atomic E-state index is 12.1.